The lowest BCUT2D eigenvalue weighted by atomic mass is 10.0. The molecular formula is C31H38F3N5O12. The Balaban J connectivity index is 2.31. The van der Waals surface area contributed by atoms with Crippen LogP contribution in [0.1, 0.15) is 58.9 Å². The van der Waals surface area contributed by atoms with Crippen molar-refractivity contribution in [2.45, 2.75) is 89.8 Å². The molecule has 5 amide bonds. The van der Waals surface area contributed by atoms with Crippen molar-refractivity contribution in [3.05, 3.63) is 40.2 Å². The number of halogens is 3. The Morgan fingerprint density at radius 3 is 1.94 bits per heavy atom. The molecule has 0 bridgehead atoms. The molecule has 1 aromatic carbocycles. The van der Waals surface area contributed by atoms with Crippen molar-refractivity contribution in [3.63, 3.8) is 0 Å². The molecule has 8 N–H and O–H groups in total. The fourth-order valence-corrected chi connectivity index (χ4v) is 4.77. The van der Waals surface area contributed by atoms with E-state index >= 15 is 0 Å². The number of carbonyl (C=O) groups is 7. The second kappa shape index (κ2) is 17.9. The monoisotopic (exact) mass is 729 g/mol. The van der Waals surface area contributed by atoms with Crippen molar-refractivity contribution in [3.8, 4) is 0 Å². The van der Waals surface area contributed by atoms with Gasteiger partial charge in [0.05, 0.1) is 18.1 Å². The van der Waals surface area contributed by atoms with Gasteiger partial charge in [-0.3, -0.25) is 33.6 Å². The average molecular weight is 730 g/mol. The molecule has 1 heterocycles. The van der Waals surface area contributed by atoms with Crippen LogP contribution in [-0.4, -0.2) is 87.1 Å². The zero-order chi connectivity index (χ0) is 38.8. The summed E-state index contributed by atoms with van der Waals surface area (Å²) in [5.41, 5.74) is -3.47. The van der Waals surface area contributed by atoms with Crippen LogP contribution in [0.3, 0.4) is 0 Å². The predicted octanol–water partition coefficient (Wildman–Crippen LogP) is 0.476. The van der Waals surface area contributed by atoms with E-state index in [0.717, 1.165) is 32.0 Å². The van der Waals surface area contributed by atoms with Crippen LogP contribution in [0, 0.1) is 5.92 Å². The van der Waals surface area contributed by atoms with Crippen LogP contribution in [0.15, 0.2) is 33.5 Å². The summed E-state index contributed by atoms with van der Waals surface area (Å²) in [5.74, 6) is -8.09. The first-order chi connectivity index (χ1) is 23.6. The third-order valence-electron chi connectivity index (χ3n) is 7.07. The van der Waals surface area contributed by atoms with Crippen molar-refractivity contribution in [1.82, 2.24) is 21.3 Å². The highest BCUT2D eigenvalue weighted by Crippen LogP contribution is 2.34. The third-order valence-corrected chi connectivity index (χ3v) is 7.07. The Bertz CT molecular complexity index is 1710. The molecule has 2 aromatic rings. The Hall–Kier alpha value is -5.53. The van der Waals surface area contributed by atoms with Gasteiger partial charge < -0.3 is 46.3 Å². The average Bonchev–Trinajstić information content (AvgIpc) is 2.98. The molecule has 0 spiro atoms. The van der Waals surface area contributed by atoms with Gasteiger partial charge in [0.2, 0.25) is 29.5 Å². The van der Waals surface area contributed by atoms with E-state index < -0.39 is 119 Å². The number of anilines is 1. The Labute approximate surface area is 287 Å². The number of aliphatic hydroxyl groups is 1. The van der Waals surface area contributed by atoms with Crippen LogP contribution < -0.4 is 32.2 Å². The zero-order valence-corrected chi connectivity index (χ0v) is 27.8. The Morgan fingerprint density at radius 1 is 0.804 bits per heavy atom. The molecule has 0 aliphatic rings. The highest BCUT2D eigenvalue weighted by atomic mass is 19.4. The second-order valence-corrected chi connectivity index (χ2v) is 11.9. The lowest BCUT2D eigenvalue weighted by Gasteiger charge is -2.27. The van der Waals surface area contributed by atoms with Gasteiger partial charge in [-0.1, -0.05) is 13.8 Å². The minimum atomic E-state index is -4.92. The maximum Gasteiger partial charge on any atom is 0.417 e. The molecule has 0 fully saturated rings. The Morgan fingerprint density at radius 2 is 1.41 bits per heavy atom. The van der Waals surface area contributed by atoms with Gasteiger partial charge >= 0.3 is 23.7 Å². The molecule has 0 aliphatic heterocycles. The highest BCUT2D eigenvalue weighted by Gasteiger charge is 2.36. The molecule has 0 saturated heterocycles. The summed E-state index contributed by atoms with van der Waals surface area (Å²) in [5, 5.41) is 39.5. The minimum absolute atomic E-state index is 0.0951. The number of carbonyl (C=O) groups excluding carboxylic acids is 5. The summed E-state index contributed by atoms with van der Waals surface area (Å²) in [6.07, 6.45) is -8.66. The van der Waals surface area contributed by atoms with Crippen molar-refractivity contribution in [1.29, 1.82) is 0 Å². The van der Waals surface area contributed by atoms with E-state index in [9.17, 15) is 61.7 Å². The van der Waals surface area contributed by atoms with Crippen LogP contribution in [-0.2, 0) is 39.7 Å². The predicted molar refractivity (Wildman–Crippen MR) is 170 cm³/mol. The number of amides is 5. The number of rotatable bonds is 17. The van der Waals surface area contributed by atoms with E-state index in [0.29, 0.717) is 0 Å². The van der Waals surface area contributed by atoms with E-state index in [2.05, 4.69) is 26.6 Å². The molecule has 0 radical (unpaired) electrons. The normalized spacial score (nSPS) is 14.4. The van der Waals surface area contributed by atoms with Gasteiger partial charge in [0.1, 0.15) is 29.8 Å². The number of nitrogens with one attached hydrogen (secondary N) is 5. The summed E-state index contributed by atoms with van der Waals surface area (Å²) in [4.78, 5) is 98.7. The lowest BCUT2D eigenvalue weighted by Crippen LogP contribution is -2.60. The third kappa shape index (κ3) is 13.0. The first-order valence-electron chi connectivity index (χ1n) is 15.3. The summed E-state index contributed by atoms with van der Waals surface area (Å²) < 4.78 is 45.0. The number of benzene rings is 1. The molecule has 1 aromatic heterocycles. The van der Waals surface area contributed by atoms with Crippen molar-refractivity contribution < 1.29 is 66.5 Å². The van der Waals surface area contributed by atoms with Gasteiger partial charge in [-0.25, -0.2) is 4.79 Å². The number of fused-ring (bicyclic) bond motifs is 1. The maximum absolute atomic E-state index is 13.4. The van der Waals surface area contributed by atoms with Gasteiger partial charge in [0.25, 0.3) is 0 Å². The molecule has 1 unspecified atom stereocenters. The van der Waals surface area contributed by atoms with E-state index in [-0.39, 0.29) is 24.1 Å². The number of hydrogen-bond acceptors (Lipinski definition) is 10. The largest absolute Gasteiger partial charge is 0.481 e. The number of carboxylic acids is 2. The topological polar surface area (TPSA) is 271 Å². The summed E-state index contributed by atoms with van der Waals surface area (Å²) in [6, 6.07) is -3.52. The number of aliphatic carboxylic acids is 2. The minimum Gasteiger partial charge on any atom is -0.481 e. The van der Waals surface area contributed by atoms with Gasteiger partial charge in [-0.2, -0.15) is 13.2 Å². The molecular weight excluding hydrogens is 691 g/mol. The zero-order valence-electron chi connectivity index (χ0n) is 27.8. The van der Waals surface area contributed by atoms with Gasteiger partial charge in [-0.15, -0.1) is 0 Å². The van der Waals surface area contributed by atoms with Crippen LogP contribution >= 0.6 is 0 Å². The summed E-state index contributed by atoms with van der Waals surface area (Å²) in [7, 11) is 0. The van der Waals surface area contributed by atoms with Crippen molar-refractivity contribution >= 4 is 58.1 Å². The summed E-state index contributed by atoms with van der Waals surface area (Å²) >= 11 is 0. The molecule has 20 heteroatoms. The Kier molecular flexibility index (Phi) is 14.6. The van der Waals surface area contributed by atoms with Gasteiger partial charge in [0.15, 0.2) is 0 Å². The van der Waals surface area contributed by atoms with Crippen LogP contribution in [0.5, 0.6) is 0 Å². The highest BCUT2D eigenvalue weighted by molar-refractivity contribution is 6.01. The molecule has 17 nitrogen and oxygen atoms in total. The smallest absolute Gasteiger partial charge is 0.417 e. The van der Waals surface area contributed by atoms with E-state index in [1.807, 2.05) is 0 Å². The summed E-state index contributed by atoms with van der Waals surface area (Å²) in [6.45, 7) is 5.73. The fourth-order valence-electron chi connectivity index (χ4n) is 4.77. The molecule has 280 valence electrons. The SMILES string of the molecule is CC(=O)N[C@@H](CC(C)C)C(=O)N[C@@H](CCC(=O)O)C(=O)N[C@H](C(=O)N[C@@H](CC(=O)O)C(=O)Nc1ccc2c(C(F)(F)F)cc(=O)oc2c1)C(C)O. The van der Waals surface area contributed by atoms with E-state index in [1.54, 1.807) is 13.8 Å². The van der Waals surface area contributed by atoms with Gasteiger partial charge in [-0.05, 0) is 37.8 Å². The fraction of sp³-hybridized carbons (Fsp3) is 0.484. The van der Waals surface area contributed by atoms with Crippen molar-refractivity contribution in [2.24, 2.45) is 5.92 Å². The molecule has 0 aliphatic carbocycles. The maximum atomic E-state index is 13.4. The lowest BCUT2D eigenvalue weighted by molar-refractivity contribution is -0.141. The quantitative estimate of drug-likeness (QED) is 0.103. The first-order valence-corrected chi connectivity index (χ1v) is 15.3. The van der Waals surface area contributed by atoms with Crippen molar-refractivity contribution in [2.75, 3.05) is 5.32 Å². The van der Waals surface area contributed by atoms with E-state index in [4.69, 9.17) is 9.52 Å². The number of alkyl halides is 3. The first kappa shape index (κ1) is 41.6. The number of carboxylic acid groups (broad SMARTS) is 2. The van der Waals surface area contributed by atoms with Gasteiger partial charge in [0, 0.05) is 36.6 Å². The number of aliphatic hydroxyl groups excluding tert-OH is 1. The molecule has 51 heavy (non-hydrogen) atoms. The molecule has 0 saturated carbocycles. The standard InChI is InChI=1S/C31H38F3N5O12/c1-13(2)9-20(35-15(4)41)29(49)37-19(7-8-23(42)43)27(47)39-26(14(3)40)30(50)38-21(12-24(44)45)28(48)36-16-5-6-17-18(31(32,33)34)11-25(46)51-22(17)10-16/h5-6,10-11,13-14,19-21,26,40H,7-9,12H2,1-4H3,(H,35,41)(H,36,48)(H,37,49)(H,38,50)(H,39,47)(H,42,43)(H,44,45)/t14?,19-,20-,21-,26-/m0/s1. The van der Waals surface area contributed by atoms with E-state index in [1.165, 1.54) is 0 Å². The molecule has 5 atom stereocenters. The van der Waals surface area contributed by atoms with Crippen LogP contribution in [0.2, 0.25) is 0 Å². The van der Waals surface area contributed by atoms with Crippen LogP contribution in [0.4, 0.5) is 18.9 Å². The van der Waals surface area contributed by atoms with Crippen LogP contribution in [0.25, 0.3) is 11.0 Å². The second-order valence-electron chi connectivity index (χ2n) is 11.9. The molecule has 2 rings (SSSR count). The number of hydrogen-bond donors (Lipinski definition) is 8.